The van der Waals surface area contributed by atoms with Crippen molar-refractivity contribution < 1.29 is 4.42 Å². The summed E-state index contributed by atoms with van der Waals surface area (Å²) in [5, 5.41) is 17.5. The van der Waals surface area contributed by atoms with Crippen molar-refractivity contribution in [2.24, 2.45) is 5.92 Å². The van der Waals surface area contributed by atoms with Crippen LogP contribution in [-0.4, -0.2) is 28.3 Å². The summed E-state index contributed by atoms with van der Waals surface area (Å²) in [5.41, 5.74) is 0. The van der Waals surface area contributed by atoms with Gasteiger partial charge in [-0.15, -0.1) is 16.4 Å². The maximum atomic E-state index is 5.52. The molecule has 2 aromatic rings. The third kappa shape index (κ3) is 4.57. The van der Waals surface area contributed by atoms with E-state index in [1.807, 2.05) is 11.6 Å². The monoisotopic (exact) mass is 295 g/mol. The molecule has 0 bridgehead atoms. The van der Waals surface area contributed by atoms with Crippen molar-refractivity contribution in [1.29, 1.82) is 0 Å². The highest BCUT2D eigenvalue weighted by Gasteiger charge is 2.10. The molecule has 7 heteroatoms. The predicted octanol–water partition coefficient (Wildman–Crippen LogP) is 2.49. The van der Waals surface area contributed by atoms with Crippen LogP contribution in [0.3, 0.4) is 0 Å². The third-order valence-electron chi connectivity index (χ3n) is 2.73. The lowest BCUT2D eigenvalue weighted by molar-refractivity contribution is 0.458. The molecule has 20 heavy (non-hydrogen) atoms. The van der Waals surface area contributed by atoms with E-state index in [0.29, 0.717) is 30.3 Å². The fourth-order valence-corrected chi connectivity index (χ4v) is 2.37. The van der Waals surface area contributed by atoms with Crippen molar-refractivity contribution in [3.63, 3.8) is 0 Å². The zero-order chi connectivity index (χ0) is 14.4. The number of hydrogen-bond donors (Lipinski definition) is 2. The summed E-state index contributed by atoms with van der Waals surface area (Å²) in [6, 6.07) is 0.467. The van der Waals surface area contributed by atoms with Gasteiger partial charge in [0.1, 0.15) is 0 Å². The van der Waals surface area contributed by atoms with Gasteiger partial charge in [0.25, 0.3) is 0 Å². The van der Waals surface area contributed by atoms with E-state index in [1.54, 1.807) is 11.3 Å². The Hall–Kier alpha value is -1.47. The molecule has 0 aromatic carbocycles. The second kappa shape index (κ2) is 7.35. The van der Waals surface area contributed by atoms with Crippen LogP contribution < -0.4 is 10.6 Å². The molecule has 2 heterocycles. The largest absolute Gasteiger partial charge is 0.407 e. The van der Waals surface area contributed by atoms with E-state index in [1.165, 1.54) is 0 Å². The minimum absolute atomic E-state index is 0.324. The van der Waals surface area contributed by atoms with Crippen LogP contribution >= 0.6 is 11.3 Å². The topological polar surface area (TPSA) is 75.9 Å². The Morgan fingerprint density at radius 3 is 2.80 bits per heavy atom. The molecule has 1 atom stereocenters. The SMILES string of the molecule is CC(C)CNCc1nnc(NCC(C)c2nccs2)o1. The molecule has 0 aliphatic heterocycles. The van der Waals surface area contributed by atoms with Crippen molar-refractivity contribution in [2.75, 3.05) is 18.4 Å². The minimum Gasteiger partial charge on any atom is -0.407 e. The summed E-state index contributed by atoms with van der Waals surface area (Å²) < 4.78 is 5.52. The first kappa shape index (κ1) is 14.9. The summed E-state index contributed by atoms with van der Waals surface area (Å²) in [6.07, 6.45) is 1.82. The van der Waals surface area contributed by atoms with E-state index in [2.05, 4.69) is 46.6 Å². The van der Waals surface area contributed by atoms with E-state index < -0.39 is 0 Å². The first-order chi connectivity index (χ1) is 9.65. The van der Waals surface area contributed by atoms with E-state index in [9.17, 15) is 0 Å². The minimum atomic E-state index is 0.324. The fraction of sp³-hybridized carbons (Fsp3) is 0.615. The van der Waals surface area contributed by atoms with Crippen molar-refractivity contribution in [3.05, 3.63) is 22.5 Å². The molecule has 0 fully saturated rings. The van der Waals surface area contributed by atoms with Crippen LogP contribution in [0.4, 0.5) is 6.01 Å². The summed E-state index contributed by atoms with van der Waals surface area (Å²) in [6.45, 7) is 8.71. The van der Waals surface area contributed by atoms with Gasteiger partial charge in [-0.25, -0.2) is 4.98 Å². The van der Waals surface area contributed by atoms with Crippen LogP contribution in [0.1, 0.15) is 37.6 Å². The smallest absolute Gasteiger partial charge is 0.315 e. The molecular weight excluding hydrogens is 274 g/mol. The highest BCUT2D eigenvalue weighted by molar-refractivity contribution is 7.09. The lowest BCUT2D eigenvalue weighted by atomic mass is 10.2. The molecule has 2 rings (SSSR count). The third-order valence-corrected chi connectivity index (χ3v) is 3.74. The summed E-state index contributed by atoms with van der Waals surface area (Å²) in [7, 11) is 0. The molecule has 0 radical (unpaired) electrons. The van der Waals surface area contributed by atoms with Crippen molar-refractivity contribution in [2.45, 2.75) is 33.2 Å². The molecule has 0 spiro atoms. The molecule has 0 aliphatic carbocycles. The fourth-order valence-electron chi connectivity index (χ4n) is 1.67. The van der Waals surface area contributed by atoms with Crippen LogP contribution in [0.2, 0.25) is 0 Å². The number of rotatable bonds is 8. The van der Waals surface area contributed by atoms with Gasteiger partial charge in [0.15, 0.2) is 0 Å². The average Bonchev–Trinajstić information content (AvgIpc) is 3.07. The Morgan fingerprint density at radius 1 is 1.25 bits per heavy atom. The van der Waals surface area contributed by atoms with Crippen molar-refractivity contribution in [3.8, 4) is 0 Å². The molecule has 2 N–H and O–H groups in total. The lowest BCUT2D eigenvalue weighted by Crippen LogP contribution is -2.19. The number of nitrogens with one attached hydrogen (secondary N) is 2. The number of thiazole rings is 1. The van der Waals surface area contributed by atoms with Crippen molar-refractivity contribution >= 4 is 17.4 Å². The Labute approximate surface area is 123 Å². The quantitative estimate of drug-likeness (QED) is 0.779. The standard InChI is InChI=1S/C13H21N5OS/c1-9(2)6-14-8-11-17-18-13(19-11)16-7-10(3)12-15-4-5-20-12/h4-5,9-10,14H,6-8H2,1-3H3,(H,16,18). The summed E-state index contributed by atoms with van der Waals surface area (Å²) >= 11 is 1.66. The van der Waals surface area contributed by atoms with Crippen LogP contribution in [0.25, 0.3) is 0 Å². The number of aromatic nitrogens is 3. The molecule has 110 valence electrons. The molecule has 0 saturated carbocycles. The van der Waals surface area contributed by atoms with Gasteiger partial charge in [-0.2, -0.15) is 0 Å². The van der Waals surface area contributed by atoms with Crippen LogP contribution in [0.5, 0.6) is 0 Å². The van der Waals surface area contributed by atoms with Gasteiger partial charge in [0.2, 0.25) is 5.89 Å². The molecule has 0 amide bonds. The maximum absolute atomic E-state index is 5.52. The predicted molar refractivity (Wildman–Crippen MR) is 79.9 cm³/mol. The van der Waals surface area contributed by atoms with Gasteiger partial charge in [-0.3, -0.25) is 0 Å². The Morgan fingerprint density at radius 2 is 2.10 bits per heavy atom. The van der Waals surface area contributed by atoms with Crippen molar-refractivity contribution in [1.82, 2.24) is 20.5 Å². The van der Waals surface area contributed by atoms with E-state index in [-0.39, 0.29) is 0 Å². The van der Waals surface area contributed by atoms with E-state index >= 15 is 0 Å². The van der Waals surface area contributed by atoms with Gasteiger partial charge in [0, 0.05) is 24.0 Å². The van der Waals surface area contributed by atoms with E-state index in [4.69, 9.17) is 4.42 Å². The zero-order valence-electron chi connectivity index (χ0n) is 12.1. The highest BCUT2D eigenvalue weighted by atomic mass is 32.1. The summed E-state index contributed by atoms with van der Waals surface area (Å²) in [5.74, 6) is 1.54. The van der Waals surface area contributed by atoms with Crippen LogP contribution in [0, 0.1) is 5.92 Å². The van der Waals surface area contributed by atoms with Gasteiger partial charge in [0.05, 0.1) is 11.6 Å². The Balaban J connectivity index is 1.75. The summed E-state index contributed by atoms with van der Waals surface area (Å²) in [4.78, 5) is 4.29. The highest BCUT2D eigenvalue weighted by Crippen LogP contribution is 2.18. The Kier molecular flexibility index (Phi) is 5.49. The molecule has 0 saturated heterocycles. The zero-order valence-corrected chi connectivity index (χ0v) is 12.9. The van der Waals surface area contributed by atoms with Gasteiger partial charge in [-0.05, 0) is 12.5 Å². The number of anilines is 1. The molecule has 6 nitrogen and oxygen atoms in total. The second-order valence-electron chi connectivity index (χ2n) is 5.18. The maximum Gasteiger partial charge on any atom is 0.315 e. The van der Waals surface area contributed by atoms with Gasteiger partial charge < -0.3 is 15.1 Å². The second-order valence-corrected chi connectivity index (χ2v) is 6.10. The van der Waals surface area contributed by atoms with Crippen LogP contribution in [-0.2, 0) is 6.54 Å². The van der Waals surface area contributed by atoms with E-state index in [0.717, 1.165) is 18.1 Å². The van der Waals surface area contributed by atoms with Gasteiger partial charge >= 0.3 is 6.01 Å². The lowest BCUT2D eigenvalue weighted by Gasteiger charge is -2.07. The number of nitrogens with zero attached hydrogens (tertiary/aromatic N) is 3. The number of hydrogen-bond acceptors (Lipinski definition) is 7. The van der Waals surface area contributed by atoms with Gasteiger partial charge in [-0.1, -0.05) is 25.9 Å². The average molecular weight is 295 g/mol. The first-order valence-corrected chi connectivity index (χ1v) is 7.69. The Bertz CT molecular complexity index is 497. The van der Waals surface area contributed by atoms with Crippen LogP contribution in [0.15, 0.2) is 16.0 Å². The molecule has 0 aliphatic rings. The normalized spacial score (nSPS) is 12.8. The molecular formula is C13H21N5OS. The molecule has 1 unspecified atom stereocenters. The molecule has 2 aromatic heterocycles. The first-order valence-electron chi connectivity index (χ1n) is 6.81.